The highest BCUT2D eigenvalue weighted by molar-refractivity contribution is 7.89. The monoisotopic (exact) mass is 267 g/mol. The highest BCUT2D eigenvalue weighted by Gasteiger charge is 2.18. The van der Waals surface area contributed by atoms with Gasteiger partial charge in [0.25, 0.3) is 0 Å². The van der Waals surface area contributed by atoms with Crippen molar-refractivity contribution in [2.24, 2.45) is 0 Å². The zero-order valence-electron chi connectivity index (χ0n) is 9.33. The largest absolute Gasteiger partial charge is 0.241 e. The van der Waals surface area contributed by atoms with Crippen molar-refractivity contribution in [3.05, 3.63) is 52.7 Å². The Morgan fingerprint density at radius 3 is 2.41 bits per heavy atom. The molecule has 1 aromatic carbocycles. The van der Waals surface area contributed by atoms with Gasteiger partial charge in [-0.15, -0.1) is 11.3 Å². The van der Waals surface area contributed by atoms with Gasteiger partial charge in [-0.1, -0.05) is 24.3 Å². The number of sulfonamides is 1. The van der Waals surface area contributed by atoms with E-state index in [-0.39, 0.29) is 6.04 Å². The van der Waals surface area contributed by atoms with E-state index in [2.05, 4.69) is 4.72 Å². The average Bonchev–Trinajstić information content (AvgIpc) is 2.83. The second-order valence-electron chi connectivity index (χ2n) is 3.67. The summed E-state index contributed by atoms with van der Waals surface area (Å²) in [6.07, 6.45) is 0. The van der Waals surface area contributed by atoms with Crippen LogP contribution in [0.15, 0.2) is 52.7 Å². The first-order valence-corrected chi connectivity index (χ1v) is 7.56. The quantitative estimate of drug-likeness (QED) is 0.926. The third kappa shape index (κ3) is 2.94. The first-order chi connectivity index (χ1) is 8.09. The van der Waals surface area contributed by atoms with Gasteiger partial charge in [0.15, 0.2) is 0 Å². The molecule has 90 valence electrons. The molecule has 0 spiro atoms. The second-order valence-corrected chi connectivity index (χ2v) is 6.36. The van der Waals surface area contributed by atoms with Gasteiger partial charge in [0.05, 0.1) is 10.9 Å². The fraction of sp³-hybridized carbons (Fsp3) is 0.167. The predicted octanol–water partition coefficient (Wildman–Crippen LogP) is 2.79. The van der Waals surface area contributed by atoms with Crippen LogP contribution in [-0.2, 0) is 10.0 Å². The molecule has 17 heavy (non-hydrogen) atoms. The maximum atomic E-state index is 12.0. The van der Waals surface area contributed by atoms with E-state index in [4.69, 9.17) is 0 Å². The molecular weight excluding hydrogens is 254 g/mol. The van der Waals surface area contributed by atoms with E-state index in [9.17, 15) is 8.42 Å². The van der Waals surface area contributed by atoms with Crippen LogP contribution >= 0.6 is 11.3 Å². The van der Waals surface area contributed by atoms with Crippen molar-refractivity contribution in [2.75, 3.05) is 0 Å². The summed E-state index contributed by atoms with van der Waals surface area (Å²) in [4.78, 5) is 1.30. The number of nitrogens with one attached hydrogen (secondary N) is 1. The van der Waals surface area contributed by atoms with E-state index in [0.29, 0.717) is 4.90 Å². The molecule has 1 N–H and O–H groups in total. The van der Waals surface area contributed by atoms with Crippen molar-refractivity contribution >= 4 is 21.4 Å². The maximum Gasteiger partial charge on any atom is 0.241 e. The van der Waals surface area contributed by atoms with Gasteiger partial charge >= 0.3 is 0 Å². The molecule has 0 saturated heterocycles. The normalized spacial score (nSPS) is 13.5. The molecule has 1 heterocycles. The lowest BCUT2D eigenvalue weighted by Crippen LogP contribution is -2.26. The molecule has 5 heteroatoms. The molecule has 3 nitrogen and oxygen atoms in total. The van der Waals surface area contributed by atoms with E-state index in [1.165, 1.54) is 11.3 Å². The van der Waals surface area contributed by atoms with Gasteiger partial charge in [-0.25, -0.2) is 13.1 Å². The SMILES string of the molecule is C[C@H](NS(=O)(=O)c1ccccc1)c1cccs1. The Hall–Kier alpha value is -1.17. The lowest BCUT2D eigenvalue weighted by molar-refractivity contribution is 0.568. The summed E-state index contributed by atoms with van der Waals surface area (Å²) in [5.41, 5.74) is 0. The molecule has 0 amide bonds. The van der Waals surface area contributed by atoms with Gasteiger partial charge in [-0.2, -0.15) is 0 Å². The molecule has 0 fully saturated rings. The van der Waals surface area contributed by atoms with Crippen LogP contribution < -0.4 is 4.72 Å². The molecule has 0 saturated carbocycles. The predicted molar refractivity (Wildman–Crippen MR) is 69.5 cm³/mol. The van der Waals surface area contributed by atoms with Crippen molar-refractivity contribution in [1.29, 1.82) is 0 Å². The third-order valence-electron chi connectivity index (χ3n) is 2.36. The van der Waals surface area contributed by atoms with Crippen LogP contribution in [-0.4, -0.2) is 8.42 Å². The summed E-state index contributed by atoms with van der Waals surface area (Å²) in [6.45, 7) is 1.84. The van der Waals surface area contributed by atoms with E-state index in [0.717, 1.165) is 4.88 Å². The molecule has 0 radical (unpaired) electrons. The van der Waals surface area contributed by atoms with Gasteiger partial charge < -0.3 is 0 Å². The fourth-order valence-electron chi connectivity index (χ4n) is 1.50. The van der Waals surface area contributed by atoms with Crippen molar-refractivity contribution in [3.8, 4) is 0 Å². The van der Waals surface area contributed by atoms with Gasteiger partial charge in [0.2, 0.25) is 10.0 Å². The zero-order valence-corrected chi connectivity index (χ0v) is 11.0. The first kappa shape index (κ1) is 12.3. The summed E-state index contributed by atoms with van der Waals surface area (Å²) < 4.78 is 26.7. The summed E-state index contributed by atoms with van der Waals surface area (Å²) in [7, 11) is -3.43. The van der Waals surface area contributed by atoms with Crippen LogP contribution in [0.25, 0.3) is 0 Å². The molecule has 1 atom stereocenters. The third-order valence-corrected chi connectivity index (χ3v) is 4.97. The van der Waals surface area contributed by atoms with Crippen LogP contribution in [0, 0.1) is 0 Å². The minimum absolute atomic E-state index is 0.208. The van der Waals surface area contributed by atoms with Crippen LogP contribution in [0.4, 0.5) is 0 Å². The Kier molecular flexibility index (Phi) is 3.61. The number of hydrogen-bond acceptors (Lipinski definition) is 3. The van der Waals surface area contributed by atoms with Gasteiger partial charge in [0.1, 0.15) is 0 Å². The highest BCUT2D eigenvalue weighted by Crippen LogP contribution is 2.20. The van der Waals surface area contributed by atoms with Crippen LogP contribution in [0.3, 0.4) is 0 Å². The zero-order chi connectivity index (χ0) is 12.3. The van der Waals surface area contributed by atoms with Crippen LogP contribution in [0.2, 0.25) is 0 Å². The number of rotatable bonds is 4. The minimum Gasteiger partial charge on any atom is -0.207 e. The molecule has 1 aromatic heterocycles. The second kappa shape index (κ2) is 5.00. The summed E-state index contributed by atoms with van der Waals surface area (Å²) in [5.74, 6) is 0. The molecule has 0 aliphatic rings. The topological polar surface area (TPSA) is 46.2 Å². The Bertz CT molecular complexity index is 562. The number of hydrogen-bond donors (Lipinski definition) is 1. The van der Waals surface area contributed by atoms with E-state index < -0.39 is 10.0 Å². The highest BCUT2D eigenvalue weighted by atomic mass is 32.2. The Morgan fingerprint density at radius 1 is 1.12 bits per heavy atom. The molecule has 0 bridgehead atoms. The first-order valence-electron chi connectivity index (χ1n) is 5.20. The molecule has 0 unspecified atom stereocenters. The summed E-state index contributed by atoms with van der Waals surface area (Å²) >= 11 is 1.54. The Balaban J connectivity index is 2.19. The summed E-state index contributed by atoms with van der Waals surface area (Å²) in [6, 6.07) is 12.0. The van der Waals surface area contributed by atoms with Crippen molar-refractivity contribution in [2.45, 2.75) is 17.9 Å². The fourth-order valence-corrected chi connectivity index (χ4v) is 3.55. The van der Waals surface area contributed by atoms with Gasteiger partial charge in [-0.3, -0.25) is 0 Å². The van der Waals surface area contributed by atoms with E-state index in [1.54, 1.807) is 30.3 Å². The average molecular weight is 267 g/mol. The van der Waals surface area contributed by atoms with Crippen molar-refractivity contribution < 1.29 is 8.42 Å². The molecule has 2 rings (SSSR count). The summed E-state index contributed by atoms with van der Waals surface area (Å²) in [5, 5.41) is 1.93. The number of thiophene rings is 1. The minimum atomic E-state index is -3.43. The van der Waals surface area contributed by atoms with Crippen molar-refractivity contribution in [3.63, 3.8) is 0 Å². The lowest BCUT2D eigenvalue weighted by Gasteiger charge is -2.12. The van der Waals surface area contributed by atoms with Crippen LogP contribution in [0.5, 0.6) is 0 Å². The lowest BCUT2D eigenvalue weighted by atomic mass is 10.3. The van der Waals surface area contributed by atoms with Gasteiger partial charge in [0, 0.05) is 4.88 Å². The molecular formula is C12H13NO2S2. The maximum absolute atomic E-state index is 12.0. The van der Waals surface area contributed by atoms with E-state index >= 15 is 0 Å². The standard InChI is InChI=1S/C12H13NO2S2/c1-10(12-8-5-9-16-12)13-17(14,15)11-6-3-2-4-7-11/h2-10,13H,1H3/t10-/m0/s1. The Morgan fingerprint density at radius 2 is 1.82 bits per heavy atom. The smallest absolute Gasteiger partial charge is 0.207 e. The molecule has 0 aliphatic carbocycles. The Labute approximate surface area is 105 Å². The molecule has 2 aromatic rings. The van der Waals surface area contributed by atoms with Crippen molar-refractivity contribution in [1.82, 2.24) is 4.72 Å². The van der Waals surface area contributed by atoms with Crippen LogP contribution in [0.1, 0.15) is 17.8 Å². The van der Waals surface area contributed by atoms with E-state index in [1.807, 2.05) is 24.4 Å². The van der Waals surface area contributed by atoms with Gasteiger partial charge in [-0.05, 0) is 30.5 Å². The molecule has 0 aliphatic heterocycles. The number of benzene rings is 1.